The Morgan fingerprint density at radius 2 is 1.96 bits per heavy atom. The van der Waals surface area contributed by atoms with E-state index >= 15 is 0 Å². The number of carbonyl (C=O) groups is 1. The highest BCUT2D eigenvalue weighted by atomic mass is 127. The van der Waals surface area contributed by atoms with Gasteiger partial charge in [0.15, 0.2) is 0 Å². The Hall–Kier alpha value is -2.36. The fourth-order valence-electron chi connectivity index (χ4n) is 2.51. The van der Waals surface area contributed by atoms with Crippen molar-refractivity contribution in [3.63, 3.8) is 0 Å². The lowest BCUT2D eigenvalue weighted by atomic mass is 10.2. The molecule has 0 bridgehead atoms. The molecular weight excluding hydrogens is 464 g/mol. The molecule has 0 aliphatic heterocycles. The highest BCUT2D eigenvalue weighted by molar-refractivity contribution is 14.1. The number of anilines is 2. The van der Waals surface area contributed by atoms with E-state index in [9.17, 15) is 9.18 Å². The predicted octanol–water partition coefficient (Wildman–Crippen LogP) is 5.32. The number of methoxy groups -OCH3 is 1. The number of rotatable bonds is 3. The van der Waals surface area contributed by atoms with Gasteiger partial charge in [-0.25, -0.2) is 9.18 Å². The van der Waals surface area contributed by atoms with Gasteiger partial charge in [0.2, 0.25) is 0 Å². The van der Waals surface area contributed by atoms with Crippen molar-refractivity contribution in [2.45, 2.75) is 26.4 Å². The second-order valence-corrected chi connectivity index (χ2v) is 8.14. The van der Waals surface area contributed by atoms with E-state index in [1.807, 2.05) is 22.6 Å². The van der Waals surface area contributed by atoms with Crippen molar-refractivity contribution in [2.75, 3.05) is 12.4 Å². The minimum Gasteiger partial charge on any atom is -0.497 e. The molecule has 1 aromatic heterocycles. The Morgan fingerprint density at radius 1 is 1.22 bits per heavy atom. The molecule has 3 aromatic rings. The lowest BCUT2D eigenvalue weighted by molar-refractivity contribution is 0.0522. The molecule has 3 rings (SSSR count). The van der Waals surface area contributed by atoms with Crippen molar-refractivity contribution in [1.82, 2.24) is 9.78 Å². The number of fused-ring (bicyclic) bond motifs is 1. The normalized spacial score (nSPS) is 11.5. The Labute approximate surface area is 169 Å². The van der Waals surface area contributed by atoms with Crippen LogP contribution in [0.2, 0.25) is 0 Å². The van der Waals surface area contributed by atoms with Gasteiger partial charge in [-0.1, -0.05) is 0 Å². The molecule has 8 heteroatoms. The van der Waals surface area contributed by atoms with E-state index in [4.69, 9.17) is 9.47 Å². The molecule has 0 atom stereocenters. The Morgan fingerprint density at radius 3 is 2.59 bits per heavy atom. The van der Waals surface area contributed by atoms with E-state index in [1.54, 1.807) is 45.0 Å². The second-order valence-electron chi connectivity index (χ2n) is 6.89. The molecule has 142 valence electrons. The molecule has 0 amide bonds. The number of halogens is 2. The van der Waals surface area contributed by atoms with Gasteiger partial charge in [-0.15, -0.1) is 0 Å². The molecule has 0 aliphatic carbocycles. The van der Waals surface area contributed by atoms with Crippen molar-refractivity contribution < 1.29 is 18.7 Å². The maximum Gasteiger partial charge on any atom is 0.435 e. The largest absolute Gasteiger partial charge is 0.497 e. The van der Waals surface area contributed by atoms with Gasteiger partial charge in [-0.2, -0.15) is 9.78 Å². The fraction of sp³-hybridized carbons (Fsp3) is 0.263. The summed E-state index contributed by atoms with van der Waals surface area (Å²) in [6, 6.07) is 8.29. The lowest BCUT2D eigenvalue weighted by Crippen LogP contribution is -2.27. The average Bonchev–Trinajstić information content (AvgIpc) is 3.00. The first kappa shape index (κ1) is 19.4. The van der Waals surface area contributed by atoms with Crippen LogP contribution in [0.1, 0.15) is 20.8 Å². The highest BCUT2D eigenvalue weighted by Gasteiger charge is 2.21. The zero-order valence-electron chi connectivity index (χ0n) is 15.3. The van der Waals surface area contributed by atoms with Gasteiger partial charge >= 0.3 is 6.09 Å². The van der Waals surface area contributed by atoms with E-state index in [2.05, 4.69) is 10.4 Å². The van der Waals surface area contributed by atoms with Crippen LogP contribution in [0.25, 0.3) is 10.9 Å². The van der Waals surface area contributed by atoms with Crippen LogP contribution in [-0.2, 0) is 4.74 Å². The first-order valence-electron chi connectivity index (χ1n) is 8.19. The zero-order valence-corrected chi connectivity index (χ0v) is 17.5. The van der Waals surface area contributed by atoms with Crippen molar-refractivity contribution in [3.8, 4) is 5.75 Å². The molecule has 0 fully saturated rings. The smallest absolute Gasteiger partial charge is 0.435 e. The lowest BCUT2D eigenvalue weighted by Gasteiger charge is -2.19. The number of carbonyl (C=O) groups excluding carboxylic acids is 1. The number of benzene rings is 2. The third-order valence-corrected chi connectivity index (χ3v) is 4.34. The summed E-state index contributed by atoms with van der Waals surface area (Å²) in [7, 11) is 1.52. The van der Waals surface area contributed by atoms with Crippen LogP contribution in [0, 0.1) is 9.39 Å². The second kappa shape index (κ2) is 7.34. The zero-order chi connectivity index (χ0) is 19.8. The van der Waals surface area contributed by atoms with E-state index in [-0.39, 0.29) is 5.82 Å². The molecule has 0 aliphatic rings. The van der Waals surface area contributed by atoms with Crippen LogP contribution in [0.4, 0.5) is 20.6 Å². The number of hydrogen-bond acceptors (Lipinski definition) is 5. The summed E-state index contributed by atoms with van der Waals surface area (Å²) < 4.78 is 26.9. The Balaban J connectivity index is 2.07. The summed E-state index contributed by atoms with van der Waals surface area (Å²) in [5, 5.41) is 7.84. The molecule has 0 saturated heterocycles. The fourth-order valence-corrected chi connectivity index (χ4v) is 2.96. The van der Waals surface area contributed by atoms with Gasteiger partial charge in [0, 0.05) is 21.1 Å². The summed E-state index contributed by atoms with van der Waals surface area (Å²) in [5.41, 5.74) is 0.728. The van der Waals surface area contributed by atoms with E-state index in [0.29, 0.717) is 28.0 Å². The molecule has 27 heavy (non-hydrogen) atoms. The maximum absolute atomic E-state index is 14.2. The summed E-state index contributed by atoms with van der Waals surface area (Å²) >= 11 is 2.05. The molecular formula is C19H19FIN3O3. The van der Waals surface area contributed by atoms with E-state index in [0.717, 1.165) is 3.57 Å². The third kappa shape index (κ3) is 4.32. The summed E-state index contributed by atoms with van der Waals surface area (Å²) in [6.07, 6.45) is 0.933. The number of aromatic nitrogens is 2. The topological polar surface area (TPSA) is 65.4 Å². The van der Waals surface area contributed by atoms with Gasteiger partial charge in [0.05, 0.1) is 30.2 Å². The summed E-state index contributed by atoms with van der Waals surface area (Å²) in [6.45, 7) is 5.34. The minimum atomic E-state index is -0.653. The molecule has 1 N–H and O–H groups in total. The van der Waals surface area contributed by atoms with Crippen LogP contribution >= 0.6 is 22.6 Å². The quantitative estimate of drug-likeness (QED) is 0.512. The molecule has 0 radical (unpaired) electrons. The number of hydrogen-bond donors (Lipinski definition) is 1. The van der Waals surface area contributed by atoms with Crippen LogP contribution in [0.15, 0.2) is 36.5 Å². The van der Waals surface area contributed by atoms with Crippen molar-refractivity contribution in [3.05, 3.63) is 45.9 Å². The van der Waals surface area contributed by atoms with Crippen LogP contribution in [0.3, 0.4) is 0 Å². The molecule has 0 unspecified atom stereocenters. The first-order valence-corrected chi connectivity index (χ1v) is 9.27. The van der Waals surface area contributed by atoms with E-state index < -0.39 is 11.7 Å². The number of ether oxygens (including phenoxy) is 2. The minimum absolute atomic E-state index is 0.315. The Kier molecular flexibility index (Phi) is 5.27. The van der Waals surface area contributed by atoms with E-state index in [1.165, 1.54) is 24.1 Å². The number of nitrogens with one attached hydrogen (secondary N) is 1. The molecule has 0 saturated carbocycles. The first-order chi connectivity index (χ1) is 12.7. The van der Waals surface area contributed by atoms with Gasteiger partial charge in [0.25, 0.3) is 0 Å². The van der Waals surface area contributed by atoms with Crippen molar-refractivity contribution in [2.24, 2.45) is 0 Å². The van der Waals surface area contributed by atoms with Crippen LogP contribution < -0.4 is 10.1 Å². The van der Waals surface area contributed by atoms with Crippen molar-refractivity contribution in [1.29, 1.82) is 0 Å². The maximum atomic E-state index is 14.2. The van der Waals surface area contributed by atoms with Gasteiger partial charge in [-0.05, 0) is 61.6 Å². The molecule has 2 aromatic carbocycles. The monoisotopic (exact) mass is 483 g/mol. The molecule has 1 heterocycles. The molecule has 6 nitrogen and oxygen atoms in total. The van der Waals surface area contributed by atoms with Gasteiger partial charge < -0.3 is 14.8 Å². The van der Waals surface area contributed by atoms with Crippen molar-refractivity contribution >= 4 is 51.0 Å². The highest BCUT2D eigenvalue weighted by Crippen LogP contribution is 2.32. The standard InChI is InChI=1S/C19H19FIN3O3/c1-19(2,3)27-18(25)24-17-9-12(26-4)8-16(13(17)10-22-24)23-15-6-5-11(21)7-14(15)20/h5-10,23H,1-4H3. The van der Waals surface area contributed by atoms with Crippen LogP contribution in [-0.4, -0.2) is 28.6 Å². The molecule has 0 spiro atoms. The summed E-state index contributed by atoms with van der Waals surface area (Å²) in [5.74, 6) is 0.124. The van der Waals surface area contributed by atoms with Crippen LogP contribution in [0.5, 0.6) is 5.75 Å². The Bertz CT molecular complexity index is 1010. The van der Waals surface area contributed by atoms with Gasteiger partial charge in [0.1, 0.15) is 17.2 Å². The predicted molar refractivity (Wildman–Crippen MR) is 110 cm³/mol. The third-order valence-electron chi connectivity index (χ3n) is 3.66. The average molecular weight is 483 g/mol. The SMILES string of the molecule is COc1cc(Nc2ccc(I)cc2F)c2cnn(C(=O)OC(C)(C)C)c2c1. The number of nitrogens with zero attached hydrogens (tertiary/aromatic N) is 2. The summed E-state index contributed by atoms with van der Waals surface area (Å²) in [4.78, 5) is 12.5. The van der Waals surface area contributed by atoms with Gasteiger partial charge in [-0.3, -0.25) is 0 Å².